The highest BCUT2D eigenvalue weighted by Gasteiger charge is 2.04. The molecular weight excluding hydrogens is 152 g/mol. The molecule has 0 saturated carbocycles. The highest BCUT2D eigenvalue weighted by atomic mass is 16.1. The number of carbonyl (C=O) groups is 1. The van der Waals surface area contributed by atoms with E-state index >= 15 is 0 Å². The van der Waals surface area contributed by atoms with Crippen LogP contribution in [0.15, 0.2) is 24.4 Å². The minimum Gasteiger partial charge on any atom is -0.297 e. The molecule has 0 radical (unpaired) electrons. The molecule has 0 aliphatic heterocycles. The number of nitrogens with zero attached hydrogens (tertiary/aromatic N) is 2. The van der Waals surface area contributed by atoms with Gasteiger partial charge in [0.1, 0.15) is 0 Å². The lowest BCUT2D eigenvalue weighted by molar-refractivity contribution is 0.111. The van der Waals surface area contributed by atoms with E-state index in [-0.39, 0.29) is 0 Å². The number of hydrogen-bond donors (Lipinski definition) is 0. The van der Waals surface area contributed by atoms with Crippen LogP contribution in [-0.4, -0.2) is 15.7 Å². The number of pyridine rings is 1. The molecule has 3 nitrogen and oxygen atoms in total. The predicted molar refractivity (Wildman–Crippen MR) is 45.3 cm³/mol. The van der Waals surface area contributed by atoms with Crippen molar-refractivity contribution >= 4 is 11.8 Å². The van der Waals surface area contributed by atoms with Crippen LogP contribution in [-0.2, 0) is 0 Å². The van der Waals surface area contributed by atoms with Crippen LogP contribution in [0.3, 0.4) is 0 Å². The molecule has 0 amide bonds. The standard InChI is InChI=1S/C9H8N2O/c1-7-8-4-2-3-5-11(8)9(6-12)10-7/h2-6H,1H3. The Morgan fingerprint density at radius 1 is 1.50 bits per heavy atom. The van der Waals surface area contributed by atoms with Gasteiger partial charge in [-0.1, -0.05) is 6.07 Å². The van der Waals surface area contributed by atoms with E-state index in [1.54, 1.807) is 4.40 Å². The van der Waals surface area contributed by atoms with Crippen molar-refractivity contribution in [2.75, 3.05) is 0 Å². The second-order valence-electron chi connectivity index (χ2n) is 2.63. The SMILES string of the molecule is Cc1nc(C=O)n2ccccc12. The summed E-state index contributed by atoms with van der Waals surface area (Å²) < 4.78 is 1.78. The molecule has 0 aromatic carbocycles. The Balaban J connectivity index is 2.91. The van der Waals surface area contributed by atoms with Gasteiger partial charge in [0.05, 0.1) is 11.2 Å². The molecule has 0 unspecified atom stereocenters. The first-order valence-corrected chi connectivity index (χ1v) is 3.72. The Kier molecular flexibility index (Phi) is 1.43. The third kappa shape index (κ3) is 0.830. The average Bonchev–Trinajstić information content (AvgIpc) is 2.44. The van der Waals surface area contributed by atoms with Gasteiger partial charge in [-0.25, -0.2) is 4.98 Å². The molecule has 12 heavy (non-hydrogen) atoms. The van der Waals surface area contributed by atoms with Gasteiger partial charge in [0, 0.05) is 6.20 Å². The Bertz CT molecular complexity index is 431. The lowest BCUT2D eigenvalue weighted by atomic mass is 10.3. The zero-order valence-corrected chi connectivity index (χ0v) is 6.69. The maximum atomic E-state index is 10.6. The number of fused-ring (bicyclic) bond motifs is 1. The molecule has 0 atom stereocenters. The van der Waals surface area contributed by atoms with Crippen LogP contribution in [0.1, 0.15) is 16.3 Å². The summed E-state index contributed by atoms with van der Waals surface area (Å²) in [7, 11) is 0. The summed E-state index contributed by atoms with van der Waals surface area (Å²) in [5, 5.41) is 0. The number of carbonyl (C=O) groups excluding carboxylic acids is 1. The fourth-order valence-electron chi connectivity index (χ4n) is 1.30. The molecule has 0 N–H and O–H groups in total. The van der Waals surface area contributed by atoms with Crippen LogP contribution in [0, 0.1) is 6.92 Å². The Labute approximate surface area is 69.7 Å². The molecule has 3 heteroatoms. The van der Waals surface area contributed by atoms with Crippen molar-refractivity contribution in [2.24, 2.45) is 0 Å². The van der Waals surface area contributed by atoms with Crippen LogP contribution in [0.5, 0.6) is 0 Å². The first-order chi connectivity index (χ1) is 5.83. The third-order valence-corrected chi connectivity index (χ3v) is 1.87. The largest absolute Gasteiger partial charge is 0.297 e. The second kappa shape index (κ2) is 2.44. The minimum absolute atomic E-state index is 0.461. The molecule has 60 valence electrons. The van der Waals surface area contributed by atoms with Gasteiger partial charge in [-0.05, 0) is 19.1 Å². The summed E-state index contributed by atoms with van der Waals surface area (Å²) >= 11 is 0. The van der Waals surface area contributed by atoms with Gasteiger partial charge in [0.15, 0.2) is 12.1 Å². The van der Waals surface area contributed by atoms with Crippen molar-refractivity contribution in [2.45, 2.75) is 6.92 Å². The van der Waals surface area contributed by atoms with Crippen LogP contribution in [0.25, 0.3) is 5.52 Å². The van der Waals surface area contributed by atoms with Crippen molar-refractivity contribution in [3.05, 3.63) is 35.9 Å². The fraction of sp³-hybridized carbons (Fsp3) is 0.111. The topological polar surface area (TPSA) is 34.4 Å². The van der Waals surface area contributed by atoms with Crippen molar-refractivity contribution < 1.29 is 4.79 Å². The number of imidazole rings is 1. The molecule has 0 aliphatic rings. The Morgan fingerprint density at radius 2 is 2.33 bits per heavy atom. The molecule has 0 fully saturated rings. The smallest absolute Gasteiger partial charge is 0.185 e. The van der Waals surface area contributed by atoms with Gasteiger partial charge < -0.3 is 0 Å². The van der Waals surface area contributed by atoms with Gasteiger partial charge in [0.25, 0.3) is 0 Å². The molecular formula is C9H8N2O. The number of aldehydes is 1. The predicted octanol–water partition coefficient (Wildman–Crippen LogP) is 1.46. The van der Waals surface area contributed by atoms with Gasteiger partial charge in [-0.3, -0.25) is 9.20 Å². The third-order valence-electron chi connectivity index (χ3n) is 1.87. The highest BCUT2D eigenvalue weighted by molar-refractivity contribution is 5.73. The quantitative estimate of drug-likeness (QED) is 0.592. The molecule has 2 rings (SSSR count). The van der Waals surface area contributed by atoms with Crippen molar-refractivity contribution in [1.29, 1.82) is 0 Å². The summed E-state index contributed by atoms with van der Waals surface area (Å²) in [4.78, 5) is 14.7. The molecule has 2 aromatic heterocycles. The average molecular weight is 160 g/mol. The molecule has 0 bridgehead atoms. The van der Waals surface area contributed by atoms with E-state index in [0.717, 1.165) is 17.5 Å². The Hall–Kier alpha value is -1.64. The minimum atomic E-state index is 0.461. The number of aromatic nitrogens is 2. The van der Waals surface area contributed by atoms with E-state index in [2.05, 4.69) is 4.98 Å². The van der Waals surface area contributed by atoms with E-state index < -0.39 is 0 Å². The molecule has 2 aromatic rings. The maximum absolute atomic E-state index is 10.6. The summed E-state index contributed by atoms with van der Waals surface area (Å²) in [5.41, 5.74) is 1.87. The van der Waals surface area contributed by atoms with E-state index in [1.165, 1.54) is 0 Å². The molecule has 0 spiro atoms. The summed E-state index contributed by atoms with van der Waals surface area (Å²) in [6.45, 7) is 1.89. The van der Waals surface area contributed by atoms with Gasteiger partial charge in [0.2, 0.25) is 0 Å². The number of rotatable bonds is 1. The zero-order valence-electron chi connectivity index (χ0n) is 6.69. The first kappa shape index (κ1) is 7.03. The van der Waals surface area contributed by atoms with E-state index in [1.807, 2.05) is 31.3 Å². The summed E-state index contributed by atoms with van der Waals surface area (Å²) in [6, 6.07) is 5.75. The highest BCUT2D eigenvalue weighted by Crippen LogP contribution is 2.09. The van der Waals surface area contributed by atoms with Crippen molar-refractivity contribution in [3.63, 3.8) is 0 Å². The van der Waals surface area contributed by atoms with Crippen LogP contribution < -0.4 is 0 Å². The van der Waals surface area contributed by atoms with Crippen LogP contribution in [0.4, 0.5) is 0 Å². The monoisotopic (exact) mass is 160 g/mol. The fourth-order valence-corrected chi connectivity index (χ4v) is 1.30. The van der Waals surface area contributed by atoms with E-state index in [0.29, 0.717) is 5.82 Å². The van der Waals surface area contributed by atoms with Gasteiger partial charge in [-0.15, -0.1) is 0 Å². The van der Waals surface area contributed by atoms with Crippen LogP contribution >= 0.6 is 0 Å². The van der Waals surface area contributed by atoms with Gasteiger partial charge >= 0.3 is 0 Å². The van der Waals surface area contributed by atoms with Crippen molar-refractivity contribution in [1.82, 2.24) is 9.38 Å². The second-order valence-corrected chi connectivity index (χ2v) is 2.63. The maximum Gasteiger partial charge on any atom is 0.185 e. The molecule has 0 aliphatic carbocycles. The van der Waals surface area contributed by atoms with Crippen LogP contribution in [0.2, 0.25) is 0 Å². The molecule has 2 heterocycles. The number of hydrogen-bond acceptors (Lipinski definition) is 2. The molecule has 0 saturated heterocycles. The van der Waals surface area contributed by atoms with Crippen molar-refractivity contribution in [3.8, 4) is 0 Å². The van der Waals surface area contributed by atoms with Gasteiger partial charge in [-0.2, -0.15) is 0 Å². The zero-order chi connectivity index (χ0) is 8.55. The summed E-state index contributed by atoms with van der Waals surface area (Å²) in [6.07, 6.45) is 2.60. The normalized spacial score (nSPS) is 10.4. The summed E-state index contributed by atoms with van der Waals surface area (Å²) in [5.74, 6) is 0.461. The first-order valence-electron chi connectivity index (χ1n) is 3.72. The van der Waals surface area contributed by atoms with E-state index in [4.69, 9.17) is 0 Å². The lowest BCUT2D eigenvalue weighted by Crippen LogP contribution is -1.89. The lowest BCUT2D eigenvalue weighted by Gasteiger charge is -1.92. The van der Waals surface area contributed by atoms with E-state index in [9.17, 15) is 4.79 Å². The number of aryl methyl sites for hydroxylation is 1. The Morgan fingerprint density at radius 3 is 3.08 bits per heavy atom.